The van der Waals surface area contributed by atoms with Crippen molar-refractivity contribution in [2.75, 3.05) is 19.6 Å². The number of nitriles is 1. The number of carbonyl (C=O) groups is 1. The summed E-state index contributed by atoms with van der Waals surface area (Å²) in [5, 5.41) is 9.39. The van der Waals surface area contributed by atoms with Crippen LogP contribution in [0.5, 0.6) is 0 Å². The maximum Gasteiger partial charge on any atom is 0.222 e. The molecule has 0 aliphatic carbocycles. The number of likely N-dealkylation sites (tertiary alicyclic amines) is 2. The molecule has 2 fully saturated rings. The highest BCUT2D eigenvalue weighted by Gasteiger charge is 2.41. The van der Waals surface area contributed by atoms with E-state index in [0.29, 0.717) is 13.0 Å². The molecule has 1 spiro atoms. The van der Waals surface area contributed by atoms with E-state index in [0.717, 1.165) is 68.0 Å². The normalized spacial score (nSPS) is 22.6. The number of nitrogens with zero attached hydrogens (tertiary/aromatic N) is 5. The first-order chi connectivity index (χ1) is 14.1. The number of aryl methyl sites for hydroxylation is 1. The number of aromatic nitrogens is 2. The molecule has 3 heterocycles. The van der Waals surface area contributed by atoms with Gasteiger partial charge >= 0.3 is 0 Å². The summed E-state index contributed by atoms with van der Waals surface area (Å²) in [5.41, 5.74) is 3.70. The van der Waals surface area contributed by atoms with Crippen molar-refractivity contribution in [3.8, 4) is 6.07 Å². The number of piperidine rings is 2. The lowest BCUT2D eigenvalue weighted by atomic mass is 9.73. The molecule has 6 nitrogen and oxygen atoms in total. The van der Waals surface area contributed by atoms with Crippen LogP contribution in [0.3, 0.4) is 0 Å². The lowest BCUT2D eigenvalue weighted by Crippen LogP contribution is -2.53. The fourth-order valence-electron chi connectivity index (χ4n) is 4.73. The van der Waals surface area contributed by atoms with Gasteiger partial charge in [0.05, 0.1) is 35.8 Å². The number of benzene rings is 1. The number of amides is 1. The summed E-state index contributed by atoms with van der Waals surface area (Å²) < 4.78 is 0. The highest BCUT2D eigenvalue weighted by Crippen LogP contribution is 2.39. The first-order valence-electron chi connectivity index (χ1n) is 10.3. The van der Waals surface area contributed by atoms with Crippen LogP contribution in [-0.4, -0.2) is 45.3 Å². The third kappa shape index (κ3) is 4.46. The third-order valence-electron chi connectivity index (χ3n) is 6.21. The minimum Gasteiger partial charge on any atom is -0.336 e. The van der Waals surface area contributed by atoms with E-state index in [4.69, 9.17) is 0 Å². The van der Waals surface area contributed by atoms with Gasteiger partial charge in [-0.1, -0.05) is 18.2 Å². The fraction of sp³-hybridized carbons (Fsp3) is 0.478. The van der Waals surface area contributed by atoms with Crippen molar-refractivity contribution in [2.45, 2.75) is 45.7 Å². The molecule has 2 aromatic rings. The molecule has 29 heavy (non-hydrogen) atoms. The van der Waals surface area contributed by atoms with E-state index in [-0.39, 0.29) is 11.3 Å². The number of hydrogen-bond acceptors (Lipinski definition) is 5. The molecule has 6 heteroatoms. The minimum atomic E-state index is 0.131. The molecular weight excluding hydrogens is 362 g/mol. The maximum absolute atomic E-state index is 12.6. The summed E-state index contributed by atoms with van der Waals surface area (Å²) in [4.78, 5) is 25.7. The number of rotatable bonds is 4. The van der Waals surface area contributed by atoms with Crippen molar-refractivity contribution in [3.63, 3.8) is 0 Å². The first-order valence-corrected chi connectivity index (χ1v) is 10.3. The van der Waals surface area contributed by atoms with Gasteiger partial charge in [-0.15, -0.1) is 0 Å². The fourth-order valence-corrected chi connectivity index (χ4v) is 4.73. The van der Waals surface area contributed by atoms with E-state index >= 15 is 0 Å². The maximum atomic E-state index is 12.6. The van der Waals surface area contributed by atoms with Crippen LogP contribution in [-0.2, 0) is 17.9 Å². The Morgan fingerprint density at radius 3 is 2.79 bits per heavy atom. The van der Waals surface area contributed by atoms with Crippen LogP contribution in [0.2, 0.25) is 0 Å². The predicted octanol–water partition coefficient (Wildman–Crippen LogP) is 3.06. The summed E-state index contributed by atoms with van der Waals surface area (Å²) in [6.45, 7) is 6.03. The minimum absolute atomic E-state index is 0.131. The molecule has 2 aliphatic heterocycles. The molecule has 0 bridgehead atoms. The zero-order valence-electron chi connectivity index (χ0n) is 17.0. The van der Waals surface area contributed by atoms with Gasteiger partial charge < -0.3 is 4.90 Å². The van der Waals surface area contributed by atoms with Crippen LogP contribution in [0.1, 0.15) is 48.2 Å². The Labute approximate surface area is 172 Å². The van der Waals surface area contributed by atoms with Gasteiger partial charge in [-0.3, -0.25) is 19.7 Å². The molecule has 0 radical (unpaired) electrons. The van der Waals surface area contributed by atoms with E-state index in [1.165, 1.54) is 0 Å². The first kappa shape index (κ1) is 19.5. The van der Waals surface area contributed by atoms with Crippen molar-refractivity contribution in [3.05, 3.63) is 59.2 Å². The molecule has 2 aliphatic rings. The summed E-state index contributed by atoms with van der Waals surface area (Å²) in [7, 11) is 0. The Morgan fingerprint density at radius 1 is 1.14 bits per heavy atom. The van der Waals surface area contributed by atoms with Gasteiger partial charge in [0.25, 0.3) is 0 Å². The second-order valence-electron chi connectivity index (χ2n) is 8.48. The molecule has 1 unspecified atom stereocenters. The Kier molecular flexibility index (Phi) is 5.59. The van der Waals surface area contributed by atoms with E-state index in [9.17, 15) is 10.1 Å². The summed E-state index contributed by atoms with van der Waals surface area (Å²) >= 11 is 0. The van der Waals surface area contributed by atoms with Crippen LogP contribution in [0.4, 0.5) is 0 Å². The number of hydrogen-bond donors (Lipinski definition) is 0. The van der Waals surface area contributed by atoms with Gasteiger partial charge in [-0.05, 0) is 44.4 Å². The average molecular weight is 390 g/mol. The van der Waals surface area contributed by atoms with Crippen molar-refractivity contribution in [2.24, 2.45) is 5.41 Å². The molecule has 1 aromatic heterocycles. The quantitative estimate of drug-likeness (QED) is 0.804. The van der Waals surface area contributed by atoms with Crippen molar-refractivity contribution < 1.29 is 4.79 Å². The van der Waals surface area contributed by atoms with Crippen molar-refractivity contribution >= 4 is 5.91 Å². The van der Waals surface area contributed by atoms with Crippen LogP contribution in [0.25, 0.3) is 0 Å². The smallest absolute Gasteiger partial charge is 0.222 e. The molecule has 2 saturated heterocycles. The monoisotopic (exact) mass is 389 g/mol. The molecule has 0 N–H and O–H groups in total. The topological polar surface area (TPSA) is 73.1 Å². The Morgan fingerprint density at radius 2 is 2.00 bits per heavy atom. The Hall–Kier alpha value is -2.78. The average Bonchev–Trinajstić information content (AvgIpc) is 2.73. The van der Waals surface area contributed by atoms with Crippen molar-refractivity contribution in [1.82, 2.24) is 19.8 Å². The molecule has 0 saturated carbocycles. The largest absolute Gasteiger partial charge is 0.336 e. The molecule has 1 aromatic carbocycles. The summed E-state index contributed by atoms with van der Waals surface area (Å²) in [5.74, 6) is 0.213. The van der Waals surface area contributed by atoms with E-state index in [1.54, 1.807) is 12.4 Å². The highest BCUT2D eigenvalue weighted by atomic mass is 16.2. The van der Waals surface area contributed by atoms with Crippen LogP contribution in [0.15, 0.2) is 36.7 Å². The number of carbonyl (C=O) groups excluding carboxylic acids is 1. The Bertz CT molecular complexity index is 920. The zero-order chi connectivity index (χ0) is 20.3. The van der Waals surface area contributed by atoms with Crippen LogP contribution >= 0.6 is 0 Å². The standard InChI is InChI=1S/C23H27N5O/c1-18-12-26-21(13-25-18)15-28-17-23(9-7-22(28)29)8-4-10-27(16-23)14-20-6-3-2-5-19(20)11-24/h2-3,5-6,12-13H,4,7-10,14-17H2,1H3. The zero-order valence-corrected chi connectivity index (χ0v) is 17.0. The van der Waals surface area contributed by atoms with E-state index in [1.807, 2.05) is 36.1 Å². The predicted molar refractivity (Wildman–Crippen MR) is 110 cm³/mol. The SMILES string of the molecule is Cc1cnc(CN2CC3(CCCN(Cc4ccccc4C#N)C3)CCC2=O)cn1. The van der Waals surface area contributed by atoms with Gasteiger partial charge in [0.2, 0.25) is 5.91 Å². The summed E-state index contributed by atoms with van der Waals surface area (Å²) in [6, 6.07) is 10.2. The van der Waals surface area contributed by atoms with Gasteiger partial charge in [0.15, 0.2) is 0 Å². The van der Waals surface area contributed by atoms with E-state index in [2.05, 4.69) is 20.9 Å². The highest BCUT2D eigenvalue weighted by molar-refractivity contribution is 5.77. The molecule has 1 atom stereocenters. The van der Waals surface area contributed by atoms with Gasteiger partial charge in [0.1, 0.15) is 0 Å². The third-order valence-corrected chi connectivity index (χ3v) is 6.21. The lowest BCUT2D eigenvalue weighted by Gasteiger charge is -2.48. The molecule has 4 rings (SSSR count). The van der Waals surface area contributed by atoms with Gasteiger partial charge in [0, 0.05) is 37.7 Å². The van der Waals surface area contributed by atoms with Crippen LogP contribution < -0.4 is 0 Å². The molecule has 1 amide bonds. The second kappa shape index (κ2) is 8.30. The van der Waals surface area contributed by atoms with Gasteiger partial charge in [-0.2, -0.15) is 5.26 Å². The Balaban J connectivity index is 1.46. The molecular formula is C23H27N5O. The van der Waals surface area contributed by atoms with Crippen LogP contribution in [0, 0.1) is 23.7 Å². The summed E-state index contributed by atoms with van der Waals surface area (Å²) in [6.07, 6.45) is 7.35. The van der Waals surface area contributed by atoms with Gasteiger partial charge in [-0.25, -0.2) is 0 Å². The van der Waals surface area contributed by atoms with Crippen molar-refractivity contribution in [1.29, 1.82) is 5.26 Å². The second-order valence-corrected chi connectivity index (χ2v) is 8.48. The molecule has 150 valence electrons. The lowest BCUT2D eigenvalue weighted by molar-refractivity contribution is -0.140. The van der Waals surface area contributed by atoms with E-state index < -0.39 is 0 Å².